The number of hydrogen-bond donors (Lipinski definition) is 1. The molecule has 1 amide bonds. The van der Waals surface area contributed by atoms with E-state index in [1.54, 1.807) is 20.8 Å². The van der Waals surface area contributed by atoms with Crippen molar-refractivity contribution in [1.29, 1.82) is 0 Å². The Hall–Kier alpha value is -1.66. The number of nitrogens with zero attached hydrogens (tertiary/aromatic N) is 2. The second-order valence-electron chi connectivity index (χ2n) is 4.78. The number of carbonyl (C=O) groups is 1. The van der Waals surface area contributed by atoms with Crippen molar-refractivity contribution in [2.75, 3.05) is 0 Å². The van der Waals surface area contributed by atoms with Crippen LogP contribution in [0.15, 0.2) is 12.5 Å². The van der Waals surface area contributed by atoms with Gasteiger partial charge in [-0.2, -0.15) is 0 Å². The largest absolute Gasteiger partial charge is 0.444 e. The normalized spacial score (nSPS) is 11.7. The molecule has 0 unspecified atom stereocenters. The summed E-state index contributed by atoms with van der Waals surface area (Å²) in [4.78, 5) is 15.1. The van der Waals surface area contributed by atoms with Gasteiger partial charge in [0.2, 0.25) is 0 Å². The number of aromatic nitrogens is 2. The first-order valence-corrected chi connectivity index (χ1v) is 5.52. The number of nitrogens with one attached hydrogen (secondary N) is 1. The van der Waals surface area contributed by atoms with E-state index in [-0.39, 0.29) is 6.54 Å². The third-order valence-electron chi connectivity index (χ3n) is 1.95. The van der Waals surface area contributed by atoms with Gasteiger partial charge in [0.05, 0.1) is 25.1 Å². The van der Waals surface area contributed by atoms with E-state index in [0.29, 0.717) is 5.69 Å². The topological polar surface area (TPSA) is 56.1 Å². The van der Waals surface area contributed by atoms with Crippen LogP contribution in [0.3, 0.4) is 0 Å². The predicted molar refractivity (Wildman–Crippen MR) is 61.3 cm³/mol. The average Bonchev–Trinajstić information content (AvgIpc) is 2.58. The summed E-state index contributed by atoms with van der Waals surface area (Å²) in [6.45, 7) is 4.89. The molecule has 0 aliphatic rings. The molecule has 0 fully saturated rings. The maximum atomic E-state index is 12.2. The average molecular weight is 261 g/mol. The first kappa shape index (κ1) is 14.4. The van der Waals surface area contributed by atoms with Gasteiger partial charge >= 0.3 is 6.09 Å². The molecular formula is C11H17F2N3O2. The smallest absolute Gasteiger partial charge is 0.407 e. The summed E-state index contributed by atoms with van der Waals surface area (Å²) < 4.78 is 30.8. The summed E-state index contributed by atoms with van der Waals surface area (Å²) in [5.74, 6) is 0. The van der Waals surface area contributed by atoms with E-state index in [1.807, 2.05) is 0 Å². The van der Waals surface area contributed by atoms with Gasteiger partial charge in [0.25, 0.3) is 6.43 Å². The molecule has 0 spiro atoms. The van der Waals surface area contributed by atoms with Gasteiger partial charge in [0.15, 0.2) is 0 Å². The monoisotopic (exact) mass is 261 g/mol. The lowest BCUT2D eigenvalue weighted by molar-refractivity contribution is 0.0522. The molecule has 0 atom stereocenters. The third-order valence-corrected chi connectivity index (χ3v) is 1.95. The minimum Gasteiger partial charge on any atom is -0.444 e. The summed E-state index contributed by atoms with van der Waals surface area (Å²) in [6.07, 6.45) is -0.315. The van der Waals surface area contributed by atoms with E-state index in [9.17, 15) is 13.6 Å². The van der Waals surface area contributed by atoms with Gasteiger partial charge in [0, 0.05) is 6.20 Å². The molecule has 0 saturated carbocycles. The van der Waals surface area contributed by atoms with Crippen molar-refractivity contribution in [3.8, 4) is 0 Å². The van der Waals surface area contributed by atoms with Crippen molar-refractivity contribution in [3.63, 3.8) is 0 Å². The van der Waals surface area contributed by atoms with Gasteiger partial charge in [-0.05, 0) is 20.8 Å². The molecule has 0 aromatic carbocycles. The molecule has 5 nitrogen and oxygen atoms in total. The summed E-state index contributed by atoms with van der Waals surface area (Å²) in [5, 5.41) is 2.49. The van der Waals surface area contributed by atoms with E-state index in [4.69, 9.17) is 4.74 Å². The van der Waals surface area contributed by atoms with Crippen LogP contribution in [0.25, 0.3) is 0 Å². The van der Waals surface area contributed by atoms with E-state index < -0.39 is 24.7 Å². The lowest BCUT2D eigenvalue weighted by atomic mass is 10.2. The van der Waals surface area contributed by atoms with E-state index in [1.165, 1.54) is 17.1 Å². The highest BCUT2D eigenvalue weighted by Crippen LogP contribution is 2.08. The van der Waals surface area contributed by atoms with Crippen LogP contribution in [-0.2, 0) is 17.8 Å². The number of rotatable bonds is 4. The Morgan fingerprint density at radius 2 is 2.22 bits per heavy atom. The Balaban J connectivity index is 2.48. The Bertz CT molecular complexity index is 399. The highest BCUT2D eigenvalue weighted by Gasteiger charge is 2.16. The number of halogens is 2. The molecule has 1 aromatic heterocycles. The zero-order valence-corrected chi connectivity index (χ0v) is 10.6. The Labute approximate surface area is 104 Å². The zero-order chi connectivity index (χ0) is 13.8. The standard InChI is InChI=1S/C11H17F2N3O2/c1-11(2,3)18-10(17)15-5-8-4-14-7-16(8)6-9(12)13/h4,7,9H,5-6H2,1-3H3,(H,15,17). The van der Waals surface area contributed by atoms with Crippen LogP contribution in [0, 0.1) is 0 Å². The van der Waals surface area contributed by atoms with Gasteiger partial charge in [-0.25, -0.2) is 18.6 Å². The van der Waals surface area contributed by atoms with E-state index in [2.05, 4.69) is 10.3 Å². The number of amides is 1. The number of alkyl halides is 2. The van der Waals surface area contributed by atoms with Crippen molar-refractivity contribution in [2.24, 2.45) is 0 Å². The van der Waals surface area contributed by atoms with Crippen molar-refractivity contribution in [3.05, 3.63) is 18.2 Å². The van der Waals surface area contributed by atoms with Gasteiger partial charge in [-0.15, -0.1) is 0 Å². The first-order chi connectivity index (χ1) is 8.28. The molecule has 0 bridgehead atoms. The number of ether oxygens (including phenoxy) is 1. The SMILES string of the molecule is CC(C)(C)OC(=O)NCc1cncn1CC(F)F. The number of hydrogen-bond acceptors (Lipinski definition) is 3. The maximum absolute atomic E-state index is 12.2. The number of alkyl carbamates (subject to hydrolysis) is 1. The number of carbonyl (C=O) groups excluding carboxylic acids is 1. The third kappa shape index (κ3) is 5.11. The fourth-order valence-electron chi connectivity index (χ4n) is 1.29. The molecule has 0 aliphatic heterocycles. The van der Waals surface area contributed by atoms with Crippen molar-refractivity contribution in [1.82, 2.24) is 14.9 Å². The Kier molecular flexibility index (Phi) is 4.63. The fraction of sp³-hybridized carbons (Fsp3) is 0.636. The molecule has 0 saturated heterocycles. The Morgan fingerprint density at radius 3 is 2.78 bits per heavy atom. The highest BCUT2D eigenvalue weighted by molar-refractivity contribution is 5.67. The van der Waals surface area contributed by atoms with Crippen molar-refractivity contribution >= 4 is 6.09 Å². The molecule has 1 heterocycles. The minimum absolute atomic E-state index is 0.0988. The Morgan fingerprint density at radius 1 is 1.56 bits per heavy atom. The zero-order valence-electron chi connectivity index (χ0n) is 10.6. The second-order valence-corrected chi connectivity index (χ2v) is 4.78. The molecule has 18 heavy (non-hydrogen) atoms. The van der Waals surface area contributed by atoms with Crippen LogP contribution in [0.2, 0.25) is 0 Å². The molecule has 7 heteroatoms. The molecule has 1 N–H and O–H groups in total. The van der Waals surface area contributed by atoms with Gasteiger partial charge < -0.3 is 14.6 Å². The molecule has 1 aromatic rings. The van der Waals surface area contributed by atoms with E-state index >= 15 is 0 Å². The molecular weight excluding hydrogens is 244 g/mol. The summed E-state index contributed by atoms with van der Waals surface area (Å²) in [6, 6.07) is 0. The van der Waals surface area contributed by atoms with Crippen LogP contribution < -0.4 is 5.32 Å². The van der Waals surface area contributed by atoms with Crippen LogP contribution in [0.4, 0.5) is 13.6 Å². The molecule has 102 valence electrons. The minimum atomic E-state index is -2.46. The number of imidazole rings is 1. The van der Waals surface area contributed by atoms with Crippen molar-refractivity contribution < 1.29 is 18.3 Å². The van der Waals surface area contributed by atoms with Crippen LogP contribution in [0.1, 0.15) is 26.5 Å². The molecule has 0 radical (unpaired) electrons. The predicted octanol–water partition coefficient (Wildman–Crippen LogP) is 2.17. The van der Waals surface area contributed by atoms with Crippen LogP contribution in [-0.4, -0.2) is 27.7 Å². The second kappa shape index (κ2) is 5.79. The lowest BCUT2D eigenvalue weighted by Gasteiger charge is -2.19. The van der Waals surface area contributed by atoms with Crippen LogP contribution >= 0.6 is 0 Å². The lowest BCUT2D eigenvalue weighted by Crippen LogP contribution is -2.32. The van der Waals surface area contributed by atoms with Gasteiger partial charge in [-0.1, -0.05) is 0 Å². The molecule has 0 aliphatic carbocycles. The quantitative estimate of drug-likeness (QED) is 0.903. The van der Waals surface area contributed by atoms with Crippen LogP contribution in [0.5, 0.6) is 0 Å². The summed E-state index contributed by atoms with van der Waals surface area (Å²) in [7, 11) is 0. The fourth-order valence-corrected chi connectivity index (χ4v) is 1.29. The maximum Gasteiger partial charge on any atom is 0.407 e. The highest BCUT2D eigenvalue weighted by atomic mass is 19.3. The van der Waals surface area contributed by atoms with Crippen molar-refractivity contribution in [2.45, 2.75) is 45.9 Å². The summed E-state index contributed by atoms with van der Waals surface area (Å²) in [5.41, 5.74) is -0.0889. The summed E-state index contributed by atoms with van der Waals surface area (Å²) >= 11 is 0. The van der Waals surface area contributed by atoms with E-state index in [0.717, 1.165) is 0 Å². The van der Waals surface area contributed by atoms with Gasteiger partial charge in [0.1, 0.15) is 5.60 Å². The molecule has 1 rings (SSSR count). The first-order valence-electron chi connectivity index (χ1n) is 5.52. The van der Waals surface area contributed by atoms with Gasteiger partial charge in [-0.3, -0.25) is 0 Å².